The molecule has 4 aromatic rings. The molecule has 2 amide bonds. The molecule has 3 aromatic carbocycles. The number of fused-ring (bicyclic) bond motifs is 2. The fourth-order valence-electron chi connectivity index (χ4n) is 6.48. The van der Waals surface area contributed by atoms with E-state index in [0.29, 0.717) is 10.6 Å². The Labute approximate surface area is 344 Å². The summed E-state index contributed by atoms with van der Waals surface area (Å²) in [5.41, 5.74) is 0.897. The second kappa shape index (κ2) is 18.4. The van der Waals surface area contributed by atoms with E-state index < -0.39 is 71.4 Å². The highest BCUT2D eigenvalue weighted by molar-refractivity contribution is 7.86. The van der Waals surface area contributed by atoms with Crippen LogP contribution in [-0.4, -0.2) is 105 Å². The average Bonchev–Trinajstić information content (AvgIpc) is 3.46. The summed E-state index contributed by atoms with van der Waals surface area (Å²) >= 11 is 0. The predicted octanol–water partition coefficient (Wildman–Crippen LogP) is 2.94. The van der Waals surface area contributed by atoms with Gasteiger partial charge in [0.1, 0.15) is 17.2 Å². The Morgan fingerprint density at radius 2 is 1.25 bits per heavy atom. The van der Waals surface area contributed by atoms with Gasteiger partial charge in [-0.2, -0.15) is 29.8 Å². The van der Waals surface area contributed by atoms with E-state index in [1.165, 1.54) is 57.4 Å². The highest BCUT2D eigenvalue weighted by Gasteiger charge is 2.34. The summed E-state index contributed by atoms with van der Waals surface area (Å²) in [7, 11) is -11.7. The second-order valence-corrected chi connectivity index (χ2v) is 18.3. The normalized spacial score (nSPS) is 13.5. The summed E-state index contributed by atoms with van der Waals surface area (Å²) in [5, 5.41) is 0.671. The van der Waals surface area contributed by atoms with Crippen molar-refractivity contribution in [1.82, 2.24) is 5.06 Å². The number of benzene rings is 3. The molecular formula is C37H41N2O18S3+. The van der Waals surface area contributed by atoms with E-state index in [1.54, 1.807) is 10.6 Å². The van der Waals surface area contributed by atoms with E-state index in [-0.39, 0.29) is 113 Å². The number of amides is 2. The molecule has 0 unspecified atom stereocenters. The average molecular weight is 898 g/mol. The second-order valence-electron chi connectivity index (χ2n) is 13.6. The van der Waals surface area contributed by atoms with Crippen LogP contribution in [0.5, 0.6) is 23.0 Å². The van der Waals surface area contributed by atoms with Gasteiger partial charge >= 0.3 is 11.9 Å². The molecule has 324 valence electrons. The van der Waals surface area contributed by atoms with E-state index in [0.717, 1.165) is 0 Å². The van der Waals surface area contributed by atoms with Gasteiger partial charge < -0.3 is 23.8 Å². The fourth-order valence-corrected chi connectivity index (χ4v) is 7.94. The first-order valence-electron chi connectivity index (χ1n) is 18.1. The maximum Gasteiger partial charge on any atom is 0.363 e. The summed E-state index contributed by atoms with van der Waals surface area (Å²) in [6.07, 6.45) is -0.549. The highest BCUT2D eigenvalue weighted by atomic mass is 32.2. The minimum Gasteiger partial charge on any atom is -0.494 e. The van der Waals surface area contributed by atoms with Crippen LogP contribution in [0, 0.1) is 13.8 Å². The molecule has 0 saturated carbocycles. The number of esters is 1. The lowest BCUT2D eigenvalue weighted by Crippen LogP contribution is -2.38. The number of methoxy groups -OCH3 is 1. The number of aryl methyl sites for hydroxylation is 3. The Bertz CT molecular complexity index is 2680. The molecule has 1 fully saturated rings. The lowest BCUT2D eigenvalue weighted by Gasteiger charge is -2.18. The molecule has 0 spiro atoms. The molecule has 60 heavy (non-hydrogen) atoms. The largest absolute Gasteiger partial charge is 0.494 e. The van der Waals surface area contributed by atoms with Crippen LogP contribution in [0.25, 0.3) is 21.8 Å². The van der Waals surface area contributed by atoms with Crippen molar-refractivity contribution < 1.29 is 86.4 Å². The third-order valence-corrected chi connectivity index (χ3v) is 11.4. The van der Waals surface area contributed by atoms with Crippen LogP contribution in [0.1, 0.15) is 63.9 Å². The van der Waals surface area contributed by atoms with Gasteiger partial charge in [-0.25, -0.2) is 9.59 Å². The standard InChI is InChI=1S/C37H40N2O18S3/c1-22-17-24(36(42)57-39-31(40)9-10-32(39)41)18-23(2)35(22)56-37(43)33-27-19-25(54-12-5-15-59(47,48)49)7-8-29(27)38(11-4-14-58(44,45)46)34-28(33)20-26(21-30(34)53-3)55-13-6-16-60(50,51)52/h7-8,17-21H,4-6,9-16H2,1-3H3,(H2-,44,45,46,47,48,49,50,51,52)/p+1. The van der Waals surface area contributed by atoms with Gasteiger partial charge in [0.15, 0.2) is 12.3 Å². The number of carbonyl (C=O) groups is 4. The van der Waals surface area contributed by atoms with Crippen molar-refractivity contribution in [3.05, 3.63) is 64.7 Å². The van der Waals surface area contributed by atoms with Crippen molar-refractivity contribution in [1.29, 1.82) is 0 Å². The Morgan fingerprint density at radius 1 is 0.717 bits per heavy atom. The summed E-state index contributed by atoms with van der Waals surface area (Å²) in [4.78, 5) is 56.7. The first-order chi connectivity index (χ1) is 28.0. The minimum absolute atomic E-state index is 0.0123. The topological polar surface area (TPSA) is 285 Å². The smallest absolute Gasteiger partial charge is 0.363 e. The zero-order valence-corrected chi connectivity index (χ0v) is 34.9. The van der Waals surface area contributed by atoms with Gasteiger partial charge in [-0.1, -0.05) is 0 Å². The van der Waals surface area contributed by atoms with Crippen molar-refractivity contribution in [3.8, 4) is 23.0 Å². The number of hydroxylamine groups is 2. The van der Waals surface area contributed by atoms with Crippen molar-refractivity contribution in [2.75, 3.05) is 37.6 Å². The fraction of sp³-hybridized carbons (Fsp3) is 0.378. The quantitative estimate of drug-likeness (QED) is 0.0232. The van der Waals surface area contributed by atoms with Gasteiger partial charge in [0.2, 0.25) is 5.52 Å². The summed E-state index contributed by atoms with van der Waals surface area (Å²) in [6, 6.07) is 10.0. The number of rotatable bonds is 19. The number of pyridine rings is 1. The molecule has 5 rings (SSSR count). The van der Waals surface area contributed by atoms with Crippen LogP contribution in [0.15, 0.2) is 42.5 Å². The van der Waals surface area contributed by atoms with E-state index in [2.05, 4.69) is 0 Å². The number of nitrogens with zero attached hydrogens (tertiary/aromatic N) is 2. The Balaban J connectivity index is 1.66. The van der Waals surface area contributed by atoms with E-state index >= 15 is 0 Å². The third kappa shape index (κ3) is 11.6. The van der Waals surface area contributed by atoms with E-state index in [4.69, 9.17) is 28.3 Å². The predicted molar refractivity (Wildman–Crippen MR) is 210 cm³/mol. The highest BCUT2D eigenvalue weighted by Crippen LogP contribution is 2.37. The van der Waals surface area contributed by atoms with Gasteiger partial charge in [-0.3, -0.25) is 23.2 Å². The molecule has 20 nitrogen and oxygen atoms in total. The van der Waals surface area contributed by atoms with Crippen molar-refractivity contribution >= 4 is 75.9 Å². The van der Waals surface area contributed by atoms with Crippen LogP contribution in [0.2, 0.25) is 0 Å². The van der Waals surface area contributed by atoms with Crippen LogP contribution >= 0.6 is 0 Å². The number of imide groups is 1. The molecule has 3 N–H and O–H groups in total. The van der Waals surface area contributed by atoms with Gasteiger partial charge in [0.25, 0.3) is 47.7 Å². The first-order valence-corrected chi connectivity index (χ1v) is 22.9. The van der Waals surface area contributed by atoms with E-state index in [9.17, 15) is 53.5 Å². The molecule has 0 bridgehead atoms. The van der Waals surface area contributed by atoms with Crippen molar-refractivity contribution in [3.63, 3.8) is 0 Å². The Kier molecular flexibility index (Phi) is 14.0. The molecule has 0 aliphatic carbocycles. The molecule has 0 atom stereocenters. The zero-order chi connectivity index (χ0) is 44.2. The van der Waals surface area contributed by atoms with Crippen LogP contribution < -0.4 is 23.5 Å². The number of carbonyl (C=O) groups excluding carboxylic acids is 4. The molecule has 1 aliphatic heterocycles. The number of aromatic nitrogens is 1. The molecule has 0 radical (unpaired) electrons. The number of ether oxygens (including phenoxy) is 4. The van der Waals surface area contributed by atoms with Crippen LogP contribution in [0.4, 0.5) is 0 Å². The van der Waals surface area contributed by atoms with E-state index in [1.807, 2.05) is 0 Å². The van der Waals surface area contributed by atoms with Crippen LogP contribution in [-0.2, 0) is 51.3 Å². The Morgan fingerprint density at radius 3 is 1.80 bits per heavy atom. The minimum atomic E-state index is -4.40. The molecule has 1 aliphatic rings. The van der Waals surface area contributed by atoms with Crippen molar-refractivity contribution in [2.24, 2.45) is 0 Å². The molecule has 1 aromatic heterocycles. The molecule has 2 heterocycles. The molecule has 1 saturated heterocycles. The molecule has 23 heteroatoms. The first kappa shape index (κ1) is 45.6. The number of hydrogen-bond acceptors (Lipinski definition) is 15. The van der Waals surface area contributed by atoms with Gasteiger partial charge in [-0.05, 0) is 68.1 Å². The van der Waals surface area contributed by atoms with Crippen LogP contribution in [0.3, 0.4) is 0 Å². The maximum absolute atomic E-state index is 14.7. The molecular weight excluding hydrogens is 857 g/mol. The Hall–Kier alpha value is -5.46. The summed E-state index contributed by atoms with van der Waals surface area (Å²) in [5.74, 6) is -4.83. The zero-order valence-electron chi connectivity index (χ0n) is 32.4. The van der Waals surface area contributed by atoms with Crippen molar-refractivity contribution in [2.45, 2.75) is 52.5 Å². The van der Waals surface area contributed by atoms with Gasteiger partial charge in [-0.15, -0.1) is 5.06 Å². The lowest BCUT2D eigenvalue weighted by atomic mass is 10.00. The van der Waals surface area contributed by atoms with Gasteiger partial charge in [0, 0.05) is 31.4 Å². The SMILES string of the molecule is COc1cc(OCCCS(=O)(=O)O)cc2c(C(=O)Oc3c(C)cc(C(=O)ON4C(=O)CCC4=O)cc3C)c3cc(OCCCS(=O)(=O)O)ccc3[n+](CCCS(=O)(=O)O)c12. The monoisotopic (exact) mass is 897 g/mol. The number of hydrogen-bond donors (Lipinski definition) is 3. The summed E-state index contributed by atoms with van der Waals surface area (Å²) in [6.45, 7) is 2.62. The third-order valence-electron chi connectivity index (χ3n) is 9.03. The maximum atomic E-state index is 14.7. The lowest BCUT2D eigenvalue weighted by molar-refractivity contribution is -0.645. The summed E-state index contributed by atoms with van der Waals surface area (Å²) < 4.78 is 122. The van der Waals surface area contributed by atoms with Gasteiger partial charge in [0.05, 0.1) is 59.5 Å².